The van der Waals surface area contributed by atoms with Crippen LogP contribution in [0.5, 0.6) is 0 Å². The summed E-state index contributed by atoms with van der Waals surface area (Å²) in [5.41, 5.74) is 2.29. The number of carbonyl (C=O) groups excluding carboxylic acids is 3. The first kappa shape index (κ1) is 18.9. The SMILES string of the molecule is CCN(C(=O)c1ccc(CN2C(=O)CCC2=O)cc1)c1cccc2ccccc12. The van der Waals surface area contributed by atoms with E-state index in [4.69, 9.17) is 0 Å². The van der Waals surface area contributed by atoms with Crippen LogP contribution >= 0.6 is 0 Å². The number of rotatable bonds is 5. The Bertz CT molecular complexity index is 1070. The summed E-state index contributed by atoms with van der Waals surface area (Å²) in [4.78, 5) is 39.8. The number of imide groups is 1. The number of benzene rings is 3. The van der Waals surface area contributed by atoms with Crippen molar-refractivity contribution < 1.29 is 14.4 Å². The highest BCUT2D eigenvalue weighted by Crippen LogP contribution is 2.28. The van der Waals surface area contributed by atoms with Gasteiger partial charge in [-0.05, 0) is 36.1 Å². The summed E-state index contributed by atoms with van der Waals surface area (Å²) in [6.07, 6.45) is 0.567. The molecule has 0 atom stereocenters. The minimum Gasteiger partial charge on any atom is -0.308 e. The molecule has 1 fully saturated rings. The van der Waals surface area contributed by atoms with Crippen molar-refractivity contribution in [1.82, 2.24) is 4.90 Å². The Hall–Kier alpha value is -3.47. The summed E-state index contributed by atoms with van der Waals surface area (Å²) in [7, 11) is 0. The maximum Gasteiger partial charge on any atom is 0.258 e. The summed E-state index contributed by atoms with van der Waals surface area (Å²) >= 11 is 0. The van der Waals surface area contributed by atoms with Crippen LogP contribution in [0, 0.1) is 0 Å². The second-order valence-corrected chi connectivity index (χ2v) is 7.12. The highest BCUT2D eigenvalue weighted by atomic mass is 16.2. The number of nitrogens with zero attached hydrogens (tertiary/aromatic N) is 2. The summed E-state index contributed by atoms with van der Waals surface area (Å²) in [6.45, 7) is 2.76. The average Bonchev–Trinajstić information content (AvgIpc) is 3.07. The van der Waals surface area contributed by atoms with E-state index >= 15 is 0 Å². The Morgan fingerprint density at radius 3 is 2.24 bits per heavy atom. The van der Waals surface area contributed by atoms with Crippen molar-refractivity contribution in [1.29, 1.82) is 0 Å². The van der Waals surface area contributed by atoms with Gasteiger partial charge < -0.3 is 4.90 Å². The molecule has 3 amide bonds. The van der Waals surface area contributed by atoms with Gasteiger partial charge in [0.05, 0.1) is 12.2 Å². The summed E-state index contributed by atoms with van der Waals surface area (Å²) < 4.78 is 0. The summed E-state index contributed by atoms with van der Waals surface area (Å²) in [6, 6.07) is 21.1. The third kappa shape index (κ3) is 3.63. The smallest absolute Gasteiger partial charge is 0.258 e. The molecule has 0 spiro atoms. The van der Waals surface area contributed by atoms with Crippen LogP contribution in [0.3, 0.4) is 0 Å². The number of anilines is 1. The largest absolute Gasteiger partial charge is 0.308 e. The second-order valence-electron chi connectivity index (χ2n) is 7.12. The highest BCUT2D eigenvalue weighted by molar-refractivity contribution is 6.10. The fourth-order valence-corrected chi connectivity index (χ4v) is 3.76. The van der Waals surface area contributed by atoms with Gasteiger partial charge in [0, 0.05) is 30.3 Å². The van der Waals surface area contributed by atoms with Gasteiger partial charge in [0.1, 0.15) is 0 Å². The molecular weight excluding hydrogens is 364 g/mol. The third-order valence-corrected chi connectivity index (χ3v) is 5.32. The average molecular weight is 386 g/mol. The molecule has 0 unspecified atom stereocenters. The van der Waals surface area contributed by atoms with Crippen LogP contribution in [0.1, 0.15) is 35.7 Å². The number of carbonyl (C=O) groups is 3. The van der Waals surface area contributed by atoms with E-state index in [1.165, 1.54) is 4.90 Å². The molecule has 1 aliphatic rings. The topological polar surface area (TPSA) is 57.7 Å². The molecule has 0 radical (unpaired) electrons. The molecule has 5 nitrogen and oxygen atoms in total. The molecule has 0 N–H and O–H groups in total. The molecule has 3 aromatic rings. The first-order chi connectivity index (χ1) is 14.1. The summed E-state index contributed by atoms with van der Waals surface area (Å²) in [5, 5.41) is 2.12. The third-order valence-electron chi connectivity index (χ3n) is 5.32. The molecule has 1 saturated heterocycles. The van der Waals surface area contributed by atoms with E-state index in [-0.39, 0.29) is 37.1 Å². The van der Waals surface area contributed by atoms with Crippen molar-refractivity contribution in [2.45, 2.75) is 26.3 Å². The van der Waals surface area contributed by atoms with E-state index in [2.05, 4.69) is 0 Å². The first-order valence-corrected chi connectivity index (χ1v) is 9.80. The van der Waals surface area contributed by atoms with Crippen LogP contribution < -0.4 is 4.90 Å². The van der Waals surface area contributed by atoms with Gasteiger partial charge >= 0.3 is 0 Å². The Labute approximate surface area is 169 Å². The number of fused-ring (bicyclic) bond motifs is 1. The molecule has 29 heavy (non-hydrogen) atoms. The van der Waals surface area contributed by atoms with Crippen molar-refractivity contribution in [2.24, 2.45) is 0 Å². The van der Waals surface area contributed by atoms with Crippen LogP contribution in [0.4, 0.5) is 5.69 Å². The zero-order valence-corrected chi connectivity index (χ0v) is 16.3. The molecule has 4 rings (SSSR count). The lowest BCUT2D eigenvalue weighted by Crippen LogP contribution is -2.31. The molecule has 0 aliphatic carbocycles. The summed E-state index contributed by atoms with van der Waals surface area (Å²) in [5.74, 6) is -0.352. The normalized spacial score (nSPS) is 13.9. The number of amides is 3. The number of hydrogen-bond donors (Lipinski definition) is 0. The van der Waals surface area contributed by atoms with Crippen LogP contribution in [-0.4, -0.2) is 29.2 Å². The van der Waals surface area contributed by atoms with Crippen LogP contribution in [-0.2, 0) is 16.1 Å². The van der Waals surface area contributed by atoms with Crippen molar-refractivity contribution >= 4 is 34.2 Å². The van der Waals surface area contributed by atoms with E-state index in [0.29, 0.717) is 12.1 Å². The van der Waals surface area contributed by atoms with E-state index in [9.17, 15) is 14.4 Å². The minimum atomic E-state index is -0.136. The van der Waals surface area contributed by atoms with E-state index in [1.807, 2.05) is 61.5 Å². The fourth-order valence-electron chi connectivity index (χ4n) is 3.76. The monoisotopic (exact) mass is 386 g/mol. The molecule has 5 heteroatoms. The predicted octanol–water partition coefficient (Wildman–Crippen LogP) is 4.16. The number of hydrogen-bond acceptors (Lipinski definition) is 3. The van der Waals surface area contributed by atoms with Crippen molar-refractivity contribution in [2.75, 3.05) is 11.4 Å². The second kappa shape index (κ2) is 7.87. The molecule has 146 valence electrons. The van der Waals surface area contributed by atoms with Crippen LogP contribution in [0.2, 0.25) is 0 Å². The highest BCUT2D eigenvalue weighted by Gasteiger charge is 2.28. The van der Waals surface area contributed by atoms with E-state index in [0.717, 1.165) is 22.0 Å². The van der Waals surface area contributed by atoms with Crippen molar-refractivity contribution in [3.05, 3.63) is 77.9 Å². The van der Waals surface area contributed by atoms with Gasteiger partial charge in [-0.15, -0.1) is 0 Å². The number of likely N-dealkylation sites (tertiary alicyclic amines) is 1. The molecular formula is C24H22N2O3. The molecule has 1 heterocycles. The van der Waals surface area contributed by atoms with Gasteiger partial charge in [-0.2, -0.15) is 0 Å². The molecule has 0 aromatic heterocycles. The van der Waals surface area contributed by atoms with Crippen molar-refractivity contribution in [3.63, 3.8) is 0 Å². The standard InChI is InChI=1S/C24H22N2O3/c1-2-25(21-9-5-7-18-6-3-4-8-20(18)21)24(29)19-12-10-17(11-13-19)16-26-22(27)14-15-23(26)28/h3-13H,2,14-16H2,1H3. The van der Waals surface area contributed by atoms with Gasteiger partial charge in [-0.1, -0.05) is 48.5 Å². The first-order valence-electron chi connectivity index (χ1n) is 9.80. The zero-order chi connectivity index (χ0) is 20.4. The van der Waals surface area contributed by atoms with Gasteiger partial charge in [0.15, 0.2) is 0 Å². The predicted molar refractivity (Wildman–Crippen MR) is 113 cm³/mol. The molecule has 3 aromatic carbocycles. The van der Waals surface area contributed by atoms with E-state index in [1.54, 1.807) is 17.0 Å². The van der Waals surface area contributed by atoms with Gasteiger partial charge in [0.2, 0.25) is 11.8 Å². The van der Waals surface area contributed by atoms with Crippen LogP contribution in [0.15, 0.2) is 66.7 Å². The minimum absolute atomic E-state index is 0.0799. The van der Waals surface area contributed by atoms with Gasteiger partial charge in [0.25, 0.3) is 5.91 Å². The zero-order valence-electron chi connectivity index (χ0n) is 16.3. The lowest BCUT2D eigenvalue weighted by molar-refractivity contribution is -0.139. The van der Waals surface area contributed by atoms with Gasteiger partial charge in [-0.3, -0.25) is 19.3 Å². The molecule has 0 saturated carbocycles. The quantitative estimate of drug-likeness (QED) is 0.619. The Morgan fingerprint density at radius 2 is 1.55 bits per heavy atom. The Balaban J connectivity index is 1.58. The lowest BCUT2D eigenvalue weighted by Gasteiger charge is -2.23. The fraction of sp³-hybridized carbons (Fsp3) is 0.208. The maximum absolute atomic E-state index is 13.2. The maximum atomic E-state index is 13.2. The molecule has 1 aliphatic heterocycles. The lowest BCUT2D eigenvalue weighted by atomic mass is 10.1. The van der Waals surface area contributed by atoms with E-state index < -0.39 is 0 Å². The van der Waals surface area contributed by atoms with Crippen LogP contribution in [0.25, 0.3) is 10.8 Å². The Morgan fingerprint density at radius 1 is 0.897 bits per heavy atom. The Kier molecular flexibility index (Phi) is 5.12. The molecule has 0 bridgehead atoms. The van der Waals surface area contributed by atoms with Crippen molar-refractivity contribution in [3.8, 4) is 0 Å². The van der Waals surface area contributed by atoms with Gasteiger partial charge in [-0.25, -0.2) is 0 Å².